The van der Waals surface area contributed by atoms with Crippen LogP contribution in [0.1, 0.15) is 45.9 Å². The van der Waals surface area contributed by atoms with E-state index in [-0.39, 0.29) is 17.5 Å². The second-order valence-corrected chi connectivity index (χ2v) is 8.19. The summed E-state index contributed by atoms with van der Waals surface area (Å²) in [5.74, 6) is 0.515. The third-order valence-corrected chi connectivity index (χ3v) is 6.17. The summed E-state index contributed by atoms with van der Waals surface area (Å²) in [6, 6.07) is 3.69. The maximum Gasteiger partial charge on any atom is 0.345 e. The van der Waals surface area contributed by atoms with E-state index in [9.17, 15) is 14.4 Å². The lowest BCUT2D eigenvalue weighted by Crippen LogP contribution is -2.41. The molecule has 0 unspecified atom stereocenters. The number of nitrogens with one attached hydrogen (secondary N) is 2. The average Bonchev–Trinajstić information content (AvgIpc) is 3.20. The van der Waals surface area contributed by atoms with E-state index in [0.717, 1.165) is 42.1 Å². The van der Waals surface area contributed by atoms with Crippen molar-refractivity contribution < 1.29 is 9.59 Å². The van der Waals surface area contributed by atoms with Gasteiger partial charge in [0.05, 0.1) is 4.88 Å². The summed E-state index contributed by atoms with van der Waals surface area (Å²) < 4.78 is 0. The highest BCUT2D eigenvalue weighted by atomic mass is 32.1. The molecule has 0 atom stereocenters. The third kappa shape index (κ3) is 5.07. The van der Waals surface area contributed by atoms with E-state index in [1.807, 2.05) is 29.3 Å². The van der Waals surface area contributed by atoms with Gasteiger partial charge in [-0.3, -0.25) is 9.59 Å². The van der Waals surface area contributed by atoms with Crippen LogP contribution in [0.15, 0.2) is 22.3 Å². The summed E-state index contributed by atoms with van der Waals surface area (Å²) in [5, 5.41) is 4.89. The highest BCUT2D eigenvalue weighted by molar-refractivity contribution is 7.12. The van der Waals surface area contributed by atoms with E-state index in [0.29, 0.717) is 31.0 Å². The first-order chi connectivity index (χ1) is 13.4. The molecule has 2 N–H and O–H groups in total. The molecular weight excluding hydrogens is 376 g/mol. The number of hydrogen-bond acceptors (Lipinski definition) is 5. The molecule has 28 heavy (non-hydrogen) atoms. The first-order valence-electron chi connectivity index (χ1n) is 9.60. The Morgan fingerprint density at radius 2 is 2.07 bits per heavy atom. The molecule has 2 aromatic heterocycles. The summed E-state index contributed by atoms with van der Waals surface area (Å²) >= 11 is 1.44. The molecule has 0 saturated carbocycles. The van der Waals surface area contributed by atoms with Crippen molar-refractivity contribution in [3.05, 3.63) is 49.8 Å². The summed E-state index contributed by atoms with van der Waals surface area (Å²) in [4.78, 5) is 45.2. The minimum absolute atomic E-state index is 0.0197. The number of likely N-dealkylation sites (tertiary alicyclic amines) is 1. The van der Waals surface area contributed by atoms with Crippen molar-refractivity contribution in [3.8, 4) is 0 Å². The lowest BCUT2D eigenvalue weighted by atomic mass is 9.96. The normalized spacial score (nSPS) is 14.9. The molecule has 0 aromatic carbocycles. The van der Waals surface area contributed by atoms with Crippen LogP contribution in [0.5, 0.6) is 0 Å². The first-order valence-corrected chi connectivity index (χ1v) is 10.5. The van der Waals surface area contributed by atoms with Gasteiger partial charge in [-0.15, -0.1) is 11.3 Å². The quantitative estimate of drug-likeness (QED) is 0.773. The zero-order valence-corrected chi connectivity index (χ0v) is 17.1. The van der Waals surface area contributed by atoms with Gasteiger partial charge in [-0.25, -0.2) is 4.79 Å². The van der Waals surface area contributed by atoms with Gasteiger partial charge in [0.1, 0.15) is 0 Å². The molecule has 1 saturated heterocycles. The number of H-pyrrole nitrogens is 1. The number of aromatic amines is 1. The Labute approximate surface area is 168 Å². The molecule has 2 aromatic rings. The van der Waals surface area contributed by atoms with Crippen LogP contribution in [0.4, 0.5) is 0 Å². The van der Waals surface area contributed by atoms with Crippen molar-refractivity contribution in [3.63, 3.8) is 0 Å². The van der Waals surface area contributed by atoms with Gasteiger partial charge in [0.2, 0.25) is 5.91 Å². The highest BCUT2D eigenvalue weighted by Crippen LogP contribution is 2.19. The van der Waals surface area contributed by atoms with Crippen LogP contribution in [0.3, 0.4) is 0 Å². The minimum atomic E-state index is -0.349. The number of aromatic nitrogens is 2. The molecule has 1 aliphatic heterocycles. The second kappa shape index (κ2) is 9.14. The lowest BCUT2D eigenvalue weighted by Gasteiger charge is -2.32. The highest BCUT2D eigenvalue weighted by Gasteiger charge is 2.23. The SMILES string of the molecule is Cc1nc(=O)[nH]c(C)c1CCC(=O)N1CCC(CNC(=O)c2cccs2)CC1. The smallest absolute Gasteiger partial charge is 0.345 e. The molecule has 7 nitrogen and oxygen atoms in total. The zero-order valence-electron chi connectivity index (χ0n) is 16.3. The van der Waals surface area contributed by atoms with Crippen LogP contribution in [0.25, 0.3) is 0 Å². The molecule has 150 valence electrons. The molecule has 0 bridgehead atoms. The van der Waals surface area contributed by atoms with Crippen molar-refractivity contribution in [1.29, 1.82) is 0 Å². The van der Waals surface area contributed by atoms with Crippen molar-refractivity contribution in [2.24, 2.45) is 5.92 Å². The number of rotatable bonds is 6. The van der Waals surface area contributed by atoms with Gasteiger partial charge in [-0.2, -0.15) is 4.98 Å². The van der Waals surface area contributed by atoms with Gasteiger partial charge in [0.25, 0.3) is 5.91 Å². The van der Waals surface area contributed by atoms with Crippen molar-refractivity contribution >= 4 is 23.2 Å². The van der Waals surface area contributed by atoms with Gasteiger partial charge in [0.15, 0.2) is 0 Å². The fourth-order valence-electron chi connectivity index (χ4n) is 3.63. The number of thiophene rings is 1. The molecule has 0 aliphatic carbocycles. The fourth-order valence-corrected chi connectivity index (χ4v) is 4.27. The second-order valence-electron chi connectivity index (χ2n) is 7.24. The number of nitrogens with zero attached hydrogens (tertiary/aromatic N) is 2. The molecule has 0 radical (unpaired) electrons. The molecule has 3 rings (SSSR count). The predicted molar refractivity (Wildman–Crippen MR) is 109 cm³/mol. The maximum absolute atomic E-state index is 12.6. The van der Waals surface area contributed by atoms with Gasteiger partial charge >= 0.3 is 5.69 Å². The molecule has 3 heterocycles. The van der Waals surface area contributed by atoms with Gasteiger partial charge in [-0.1, -0.05) is 6.07 Å². The van der Waals surface area contributed by atoms with Crippen LogP contribution in [-0.2, 0) is 11.2 Å². The Morgan fingerprint density at radius 1 is 1.32 bits per heavy atom. The summed E-state index contributed by atoms with van der Waals surface area (Å²) in [5.41, 5.74) is 2.07. The van der Waals surface area contributed by atoms with E-state index in [4.69, 9.17) is 0 Å². The number of piperidine rings is 1. The van der Waals surface area contributed by atoms with E-state index >= 15 is 0 Å². The topological polar surface area (TPSA) is 95.2 Å². The molecule has 8 heteroatoms. The van der Waals surface area contributed by atoms with Gasteiger partial charge < -0.3 is 15.2 Å². The zero-order chi connectivity index (χ0) is 20.1. The number of amides is 2. The van der Waals surface area contributed by atoms with Gasteiger partial charge in [0, 0.05) is 37.4 Å². The predicted octanol–water partition coefficient (Wildman–Crippen LogP) is 2.05. The Balaban J connectivity index is 1.43. The number of carbonyl (C=O) groups is 2. The van der Waals surface area contributed by atoms with Crippen LogP contribution < -0.4 is 11.0 Å². The van der Waals surface area contributed by atoms with Crippen molar-refractivity contribution in [1.82, 2.24) is 20.2 Å². The van der Waals surface area contributed by atoms with Gasteiger partial charge in [-0.05, 0) is 56.0 Å². The summed E-state index contributed by atoms with van der Waals surface area (Å²) in [6.07, 6.45) is 2.79. The number of carbonyl (C=O) groups excluding carboxylic acids is 2. The third-order valence-electron chi connectivity index (χ3n) is 5.31. The van der Waals surface area contributed by atoms with Crippen LogP contribution in [0.2, 0.25) is 0 Å². The maximum atomic E-state index is 12.6. The molecule has 0 spiro atoms. The Kier molecular flexibility index (Phi) is 6.61. The first kappa shape index (κ1) is 20.3. The summed E-state index contributed by atoms with van der Waals surface area (Å²) in [6.45, 7) is 5.74. The van der Waals surface area contributed by atoms with E-state index in [2.05, 4.69) is 15.3 Å². The summed E-state index contributed by atoms with van der Waals surface area (Å²) in [7, 11) is 0. The number of hydrogen-bond donors (Lipinski definition) is 2. The van der Waals surface area contributed by atoms with Crippen LogP contribution in [-0.4, -0.2) is 46.3 Å². The largest absolute Gasteiger partial charge is 0.351 e. The monoisotopic (exact) mass is 402 g/mol. The van der Waals surface area contributed by atoms with E-state index in [1.54, 1.807) is 6.92 Å². The van der Waals surface area contributed by atoms with Crippen molar-refractivity contribution in [2.75, 3.05) is 19.6 Å². The fraction of sp³-hybridized carbons (Fsp3) is 0.500. The van der Waals surface area contributed by atoms with Crippen molar-refractivity contribution in [2.45, 2.75) is 39.5 Å². The van der Waals surface area contributed by atoms with Crippen LogP contribution in [0, 0.1) is 19.8 Å². The molecule has 2 amide bonds. The average molecular weight is 403 g/mol. The van der Waals surface area contributed by atoms with E-state index in [1.165, 1.54) is 11.3 Å². The Hall–Kier alpha value is -2.48. The molecule has 1 fully saturated rings. The Bertz CT molecular complexity index is 857. The lowest BCUT2D eigenvalue weighted by molar-refractivity contribution is -0.132. The van der Waals surface area contributed by atoms with E-state index < -0.39 is 0 Å². The Morgan fingerprint density at radius 3 is 2.71 bits per heavy atom. The minimum Gasteiger partial charge on any atom is -0.351 e. The van der Waals surface area contributed by atoms with Crippen LogP contribution >= 0.6 is 11.3 Å². The molecule has 1 aliphatic rings. The number of aryl methyl sites for hydroxylation is 2. The molecular formula is C20H26N4O3S. The standard InChI is InChI=1S/C20H26N4O3S/c1-13-16(14(2)23-20(27)22-13)5-6-18(25)24-9-7-15(8-10-24)12-21-19(26)17-4-3-11-28-17/h3-4,11,15H,5-10,12H2,1-2H3,(H,21,26)(H,22,23,27).